The van der Waals surface area contributed by atoms with Crippen molar-refractivity contribution in [3.05, 3.63) is 18.7 Å². The number of nitrogens with one attached hydrogen (secondary N) is 1. The van der Waals surface area contributed by atoms with Gasteiger partial charge >= 0.3 is 0 Å². The SMILES string of the molecule is CC(=O)Nc1ncc(S(=O)(=O)N2CCCN(S(=O)(=O)c3cn(C)cn3)CC2)s1. The Labute approximate surface area is 167 Å². The average molecular weight is 449 g/mol. The minimum absolute atomic E-state index is 0.00252. The summed E-state index contributed by atoms with van der Waals surface area (Å²) in [7, 11) is -5.94. The molecule has 2 aromatic rings. The zero-order chi connectivity index (χ0) is 20.5. The van der Waals surface area contributed by atoms with Crippen LogP contribution in [-0.2, 0) is 31.9 Å². The van der Waals surface area contributed by atoms with E-state index in [1.54, 1.807) is 7.05 Å². The molecule has 3 rings (SSSR count). The van der Waals surface area contributed by atoms with Crippen LogP contribution in [0.15, 0.2) is 28.0 Å². The normalized spacial score (nSPS) is 17.4. The van der Waals surface area contributed by atoms with Gasteiger partial charge in [-0.1, -0.05) is 11.3 Å². The molecule has 0 aromatic carbocycles. The van der Waals surface area contributed by atoms with E-state index in [1.807, 2.05) is 0 Å². The highest BCUT2D eigenvalue weighted by molar-refractivity contribution is 7.91. The Morgan fingerprint density at radius 1 is 1.07 bits per heavy atom. The van der Waals surface area contributed by atoms with E-state index in [-0.39, 0.29) is 46.5 Å². The number of rotatable bonds is 5. The van der Waals surface area contributed by atoms with Crippen LogP contribution in [0.2, 0.25) is 0 Å². The highest BCUT2D eigenvalue weighted by Gasteiger charge is 2.33. The number of sulfonamides is 2. The Hall–Kier alpha value is -1.87. The second-order valence-corrected chi connectivity index (χ2v) is 11.3. The van der Waals surface area contributed by atoms with Gasteiger partial charge in [-0.2, -0.15) is 8.61 Å². The lowest BCUT2D eigenvalue weighted by molar-refractivity contribution is -0.114. The summed E-state index contributed by atoms with van der Waals surface area (Å²) in [5.74, 6) is -0.344. The fraction of sp³-hybridized carbons (Fsp3) is 0.500. The molecule has 0 spiro atoms. The summed E-state index contributed by atoms with van der Waals surface area (Å²) in [5.41, 5.74) is 0. The van der Waals surface area contributed by atoms with Crippen LogP contribution in [0.25, 0.3) is 0 Å². The summed E-state index contributed by atoms with van der Waals surface area (Å²) in [4.78, 5) is 18.9. The molecule has 0 radical (unpaired) electrons. The second-order valence-electron chi connectivity index (χ2n) is 6.20. The molecule has 0 bridgehead atoms. The van der Waals surface area contributed by atoms with Crippen molar-refractivity contribution >= 4 is 42.4 Å². The molecule has 0 aliphatic carbocycles. The van der Waals surface area contributed by atoms with Crippen molar-refractivity contribution in [1.29, 1.82) is 0 Å². The molecule has 0 atom stereocenters. The van der Waals surface area contributed by atoms with E-state index in [1.165, 1.54) is 38.8 Å². The molecule has 1 saturated heterocycles. The van der Waals surface area contributed by atoms with Crippen molar-refractivity contribution in [2.24, 2.45) is 7.05 Å². The van der Waals surface area contributed by atoms with Gasteiger partial charge in [0.25, 0.3) is 20.0 Å². The summed E-state index contributed by atoms with van der Waals surface area (Å²) in [6, 6.07) is 0. The van der Waals surface area contributed by atoms with Crippen LogP contribution in [0, 0.1) is 0 Å². The summed E-state index contributed by atoms with van der Waals surface area (Å²) in [6.07, 6.45) is 4.36. The van der Waals surface area contributed by atoms with Gasteiger partial charge in [-0.25, -0.2) is 26.8 Å². The molecule has 1 amide bonds. The minimum atomic E-state index is -3.83. The Kier molecular flexibility index (Phi) is 5.86. The van der Waals surface area contributed by atoms with Gasteiger partial charge in [0.1, 0.15) is 0 Å². The van der Waals surface area contributed by atoms with Gasteiger partial charge < -0.3 is 9.88 Å². The van der Waals surface area contributed by atoms with E-state index in [2.05, 4.69) is 15.3 Å². The standard InChI is InChI=1S/C14H20N6O5S3/c1-11(21)17-14-15-8-13(26-14)28(24,25)20-5-3-4-19(6-7-20)27(22,23)12-9-18(2)10-16-12/h8-10H,3-7H2,1-2H3,(H,15,17,21). The van der Waals surface area contributed by atoms with E-state index >= 15 is 0 Å². The zero-order valence-corrected chi connectivity index (χ0v) is 17.7. The van der Waals surface area contributed by atoms with Crippen LogP contribution in [-0.4, -0.2) is 72.1 Å². The number of imidazole rings is 1. The molecular weight excluding hydrogens is 428 g/mol. The van der Waals surface area contributed by atoms with Gasteiger partial charge in [0.05, 0.1) is 12.5 Å². The molecule has 11 nitrogen and oxygen atoms in total. The van der Waals surface area contributed by atoms with E-state index < -0.39 is 20.0 Å². The molecule has 0 unspecified atom stereocenters. The minimum Gasteiger partial charge on any atom is -0.339 e. The van der Waals surface area contributed by atoms with Crippen molar-refractivity contribution in [2.75, 3.05) is 31.5 Å². The number of aromatic nitrogens is 3. The van der Waals surface area contributed by atoms with Gasteiger partial charge in [0, 0.05) is 46.3 Å². The van der Waals surface area contributed by atoms with Crippen LogP contribution in [0.1, 0.15) is 13.3 Å². The van der Waals surface area contributed by atoms with Crippen molar-refractivity contribution < 1.29 is 21.6 Å². The van der Waals surface area contributed by atoms with Crippen molar-refractivity contribution in [3.63, 3.8) is 0 Å². The van der Waals surface area contributed by atoms with Gasteiger partial charge in [-0.15, -0.1) is 0 Å². The third-order valence-corrected chi connectivity index (χ3v) is 9.09. The van der Waals surface area contributed by atoms with Gasteiger partial charge in [0.15, 0.2) is 14.4 Å². The maximum absolute atomic E-state index is 12.9. The van der Waals surface area contributed by atoms with Crippen LogP contribution < -0.4 is 5.32 Å². The fourth-order valence-electron chi connectivity index (χ4n) is 2.72. The number of anilines is 1. The highest BCUT2D eigenvalue weighted by Crippen LogP contribution is 2.27. The predicted molar refractivity (Wildman–Crippen MR) is 102 cm³/mol. The van der Waals surface area contributed by atoms with Crippen molar-refractivity contribution in [1.82, 2.24) is 23.1 Å². The Bertz CT molecular complexity index is 1070. The number of thiazole rings is 1. The molecule has 0 saturated carbocycles. The molecule has 154 valence electrons. The van der Waals surface area contributed by atoms with Crippen LogP contribution in [0.5, 0.6) is 0 Å². The molecule has 1 aliphatic heterocycles. The van der Waals surface area contributed by atoms with Crippen LogP contribution in [0.3, 0.4) is 0 Å². The number of amides is 1. The van der Waals surface area contributed by atoms with Crippen molar-refractivity contribution in [2.45, 2.75) is 22.6 Å². The number of hydrogen-bond donors (Lipinski definition) is 1. The number of carbonyl (C=O) groups excluding carboxylic acids is 1. The third-order valence-electron chi connectivity index (χ3n) is 4.06. The lowest BCUT2D eigenvalue weighted by atomic mass is 10.4. The lowest BCUT2D eigenvalue weighted by Crippen LogP contribution is -2.37. The van der Waals surface area contributed by atoms with E-state index in [9.17, 15) is 21.6 Å². The first-order chi connectivity index (χ1) is 13.1. The topological polar surface area (TPSA) is 135 Å². The Balaban J connectivity index is 1.75. The van der Waals surface area contributed by atoms with Gasteiger partial charge in [-0.05, 0) is 6.42 Å². The number of carbonyl (C=O) groups is 1. The molecule has 14 heteroatoms. The molecular formula is C14H20N6O5S3. The maximum Gasteiger partial charge on any atom is 0.262 e. The number of aryl methyl sites for hydroxylation is 1. The Morgan fingerprint density at radius 3 is 2.29 bits per heavy atom. The smallest absolute Gasteiger partial charge is 0.262 e. The van der Waals surface area contributed by atoms with E-state index in [0.717, 1.165) is 11.3 Å². The summed E-state index contributed by atoms with van der Waals surface area (Å²) >= 11 is 0.857. The molecule has 3 heterocycles. The first-order valence-electron chi connectivity index (χ1n) is 8.32. The van der Waals surface area contributed by atoms with E-state index in [4.69, 9.17) is 0 Å². The summed E-state index contributed by atoms with van der Waals surface area (Å²) < 4.78 is 55.2. The molecule has 1 aliphatic rings. The molecule has 1 fully saturated rings. The number of nitrogens with zero attached hydrogens (tertiary/aromatic N) is 5. The van der Waals surface area contributed by atoms with Crippen LogP contribution in [0.4, 0.5) is 5.13 Å². The van der Waals surface area contributed by atoms with Gasteiger partial charge in [-0.3, -0.25) is 4.79 Å². The van der Waals surface area contributed by atoms with E-state index in [0.29, 0.717) is 6.42 Å². The summed E-state index contributed by atoms with van der Waals surface area (Å²) in [6.45, 7) is 1.73. The first kappa shape index (κ1) is 20.9. The maximum atomic E-state index is 12.9. The highest BCUT2D eigenvalue weighted by atomic mass is 32.2. The average Bonchev–Trinajstić information content (AvgIpc) is 3.16. The predicted octanol–water partition coefficient (Wildman–Crippen LogP) is -0.0797. The molecule has 1 N–H and O–H groups in total. The van der Waals surface area contributed by atoms with Gasteiger partial charge in [0.2, 0.25) is 5.91 Å². The monoisotopic (exact) mass is 448 g/mol. The summed E-state index contributed by atoms with van der Waals surface area (Å²) in [5, 5.41) is 2.58. The van der Waals surface area contributed by atoms with Crippen molar-refractivity contribution in [3.8, 4) is 0 Å². The fourth-order valence-corrected chi connectivity index (χ4v) is 6.86. The quantitative estimate of drug-likeness (QED) is 0.676. The first-order valence-corrected chi connectivity index (χ1v) is 12.0. The number of hydrogen-bond acceptors (Lipinski definition) is 8. The van der Waals surface area contributed by atoms with Crippen LogP contribution >= 0.6 is 11.3 Å². The largest absolute Gasteiger partial charge is 0.339 e. The molecule has 2 aromatic heterocycles. The lowest BCUT2D eigenvalue weighted by Gasteiger charge is -2.20. The Morgan fingerprint density at radius 2 is 1.71 bits per heavy atom. The molecule has 28 heavy (non-hydrogen) atoms. The zero-order valence-electron chi connectivity index (χ0n) is 15.3. The second kappa shape index (κ2) is 7.87. The third kappa shape index (κ3) is 4.25.